The van der Waals surface area contributed by atoms with Crippen LogP contribution < -0.4 is 16.0 Å². The minimum absolute atomic E-state index is 0.00578. The number of aromatic nitrogens is 4. The second-order valence-corrected chi connectivity index (χ2v) is 7.95. The lowest BCUT2D eigenvalue weighted by molar-refractivity contribution is -0.125. The summed E-state index contributed by atoms with van der Waals surface area (Å²) in [5, 5.41) is 13.0. The van der Waals surface area contributed by atoms with Crippen LogP contribution in [0.3, 0.4) is 0 Å². The predicted molar refractivity (Wildman–Crippen MR) is 116 cm³/mol. The summed E-state index contributed by atoms with van der Waals surface area (Å²) < 4.78 is 1.79. The molecule has 10 nitrogen and oxygen atoms in total. The molecule has 160 valence electrons. The van der Waals surface area contributed by atoms with Crippen molar-refractivity contribution in [1.29, 1.82) is 0 Å². The molecule has 10 heteroatoms. The molecule has 4 aromatic rings. The fourth-order valence-electron chi connectivity index (χ4n) is 4.55. The Bertz CT molecular complexity index is 1360. The Balaban J connectivity index is 1.65. The number of carbonyl (C=O) groups is 2. The molecule has 0 atom stereocenters. The summed E-state index contributed by atoms with van der Waals surface area (Å²) in [5.41, 5.74) is 9.47. The molecule has 1 saturated heterocycles. The summed E-state index contributed by atoms with van der Waals surface area (Å²) in [5.74, 6) is 0.151. The van der Waals surface area contributed by atoms with Gasteiger partial charge in [-0.15, -0.1) is 0 Å². The molecule has 2 amide bonds. The number of hydrogen-bond acceptors (Lipinski definition) is 6. The van der Waals surface area contributed by atoms with Gasteiger partial charge in [0, 0.05) is 26.1 Å². The number of rotatable bonds is 3. The lowest BCUT2D eigenvalue weighted by atomic mass is 9.96. The second-order valence-electron chi connectivity index (χ2n) is 7.95. The number of piperidine rings is 1. The molecule has 5 rings (SSSR count). The maximum atomic E-state index is 12.4. The summed E-state index contributed by atoms with van der Waals surface area (Å²) in [6.45, 7) is 3.26. The highest BCUT2D eigenvalue weighted by atomic mass is 16.3. The van der Waals surface area contributed by atoms with Gasteiger partial charge in [-0.1, -0.05) is 6.07 Å². The molecule has 0 saturated carbocycles. The minimum Gasteiger partial charge on any atom is -0.506 e. The van der Waals surface area contributed by atoms with Crippen molar-refractivity contribution in [2.75, 3.05) is 25.0 Å². The SMILES string of the molecule is CNC(=O)C1CCN(c2cnc3c(n2)c(C(N)=O)c2[nH]c4c(O)ccc(C)c4n23)CC1. The zero-order valence-corrected chi connectivity index (χ0v) is 17.3. The van der Waals surface area contributed by atoms with E-state index in [4.69, 9.17) is 10.7 Å². The number of fused-ring (bicyclic) bond motifs is 5. The Morgan fingerprint density at radius 3 is 2.71 bits per heavy atom. The average molecular weight is 421 g/mol. The normalized spacial score (nSPS) is 15.2. The molecule has 5 N–H and O–H groups in total. The number of imidazole rings is 1. The monoisotopic (exact) mass is 421 g/mol. The van der Waals surface area contributed by atoms with E-state index in [1.165, 1.54) is 0 Å². The van der Waals surface area contributed by atoms with Crippen LogP contribution in [-0.4, -0.2) is 56.4 Å². The van der Waals surface area contributed by atoms with Crippen LogP contribution in [0.25, 0.3) is 27.8 Å². The summed E-state index contributed by atoms with van der Waals surface area (Å²) >= 11 is 0. The van der Waals surface area contributed by atoms with Gasteiger partial charge in [0.2, 0.25) is 5.91 Å². The van der Waals surface area contributed by atoms with Crippen molar-refractivity contribution >= 4 is 45.5 Å². The zero-order valence-electron chi connectivity index (χ0n) is 17.3. The van der Waals surface area contributed by atoms with Gasteiger partial charge in [-0.2, -0.15) is 0 Å². The number of benzene rings is 1. The average Bonchev–Trinajstić information content (AvgIpc) is 3.30. The minimum atomic E-state index is -0.624. The van der Waals surface area contributed by atoms with Crippen LogP contribution in [0, 0.1) is 12.8 Å². The van der Waals surface area contributed by atoms with Crippen molar-refractivity contribution < 1.29 is 14.7 Å². The van der Waals surface area contributed by atoms with Crippen LogP contribution in [-0.2, 0) is 4.79 Å². The maximum absolute atomic E-state index is 12.4. The number of phenolic OH excluding ortho intramolecular Hbond substituents is 1. The van der Waals surface area contributed by atoms with Gasteiger partial charge < -0.3 is 26.0 Å². The fourth-order valence-corrected chi connectivity index (χ4v) is 4.55. The molecule has 4 heterocycles. The predicted octanol–water partition coefficient (Wildman–Crippen LogP) is 1.44. The standard InChI is InChI=1S/C21H23N7O3/c1-10-3-4-12(29)15-17(10)28-19(26-15)14(18(22)30)16-20(28)24-9-13(25-16)27-7-5-11(6-8-27)21(31)23-2/h3-4,9,11,26,29H,5-8H2,1-2H3,(H2,22,30)(H,23,31). The fraction of sp³-hybridized carbons (Fsp3) is 0.333. The van der Waals surface area contributed by atoms with Crippen molar-refractivity contribution in [2.45, 2.75) is 19.8 Å². The molecule has 1 aliphatic rings. The lowest BCUT2D eigenvalue weighted by Crippen LogP contribution is -2.40. The quantitative estimate of drug-likeness (QED) is 0.394. The molecule has 0 aliphatic carbocycles. The number of phenols is 1. The molecule has 0 spiro atoms. The van der Waals surface area contributed by atoms with Gasteiger partial charge in [-0.25, -0.2) is 9.97 Å². The third-order valence-corrected chi connectivity index (χ3v) is 6.16. The van der Waals surface area contributed by atoms with Crippen molar-refractivity contribution in [3.05, 3.63) is 29.5 Å². The van der Waals surface area contributed by atoms with E-state index in [0.717, 1.165) is 23.9 Å². The first-order chi connectivity index (χ1) is 14.9. The van der Waals surface area contributed by atoms with Crippen LogP contribution in [0.2, 0.25) is 0 Å². The number of nitrogens with one attached hydrogen (secondary N) is 2. The largest absolute Gasteiger partial charge is 0.506 e. The molecule has 0 unspecified atom stereocenters. The van der Waals surface area contributed by atoms with Gasteiger partial charge in [-0.3, -0.25) is 14.0 Å². The van der Waals surface area contributed by atoms with E-state index in [2.05, 4.69) is 20.2 Å². The van der Waals surface area contributed by atoms with E-state index in [1.54, 1.807) is 29.8 Å². The second kappa shape index (κ2) is 6.86. The van der Waals surface area contributed by atoms with Gasteiger partial charge in [0.25, 0.3) is 5.91 Å². The number of hydrogen-bond donors (Lipinski definition) is 4. The van der Waals surface area contributed by atoms with E-state index in [-0.39, 0.29) is 23.1 Å². The first-order valence-electron chi connectivity index (χ1n) is 10.2. The molecule has 1 aromatic carbocycles. The summed E-state index contributed by atoms with van der Waals surface area (Å²) in [4.78, 5) is 38.8. The Morgan fingerprint density at radius 2 is 2.03 bits per heavy atom. The smallest absolute Gasteiger partial charge is 0.254 e. The van der Waals surface area contributed by atoms with Gasteiger partial charge in [-0.05, 0) is 31.4 Å². The van der Waals surface area contributed by atoms with E-state index in [1.807, 2.05) is 6.92 Å². The number of aromatic amines is 1. The Labute approximate surface area is 177 Å². The Morgan fingerprint density at radius 1 is 1.29 bits per heavy atom. The van der Waals surface area contributed by atoms with Crippen LogP contribution in [0.15, 0.2) is 18.3 Å². The number of primary amides is 1. The number of amides is 2. The molecule has 1 aliphatic heterocycles. The van der Waals surface area contributed by atoms with E-state index in [0.29, 0.717) is 41.2 Å². The Kier molecular flexibility index (Phi) is 4.24. The number of aryl methyl sites for hydroxylation is 1. The van der Waals surface area contributed by atoms with Crippen molar-refractivity contribution in [3.8, 4) is 5.75 Å². The number of H-pyrrole nitrogens is 1. The third-order valence-electron chi connectivity index (χ3n) is 6.16. The van der Waals surface area contributed by atoms with Gasteiger partial charge in [0.1, 0.15) is 33.8 Å². The van der Waals surface area contributed by atoms with E-state index in [9.17, 15) is 14.7 Å². The highest BCUT2D eigenvalue weighted by Gasteiger charge is 2.27. The van der Waals surface area contributed by atoms with Gasteiger partial charge >= 0.3 is 0 Å². The van der Waals surface area contributed by atoms with Gasteiger partial charge in [0.15, 0.2) is 5.65 Å². The first kappa shape index (κ1) is 19.2. The molecule has 0 bridgehead atoms. The van der Waals surface area contributed by atoms with Crippen LogP contribution >= 0.6 is 0 Å². The van der Waals surface area contributed by atoms with Crippen LogP contribution in [0.5, 0.6) is 5.75 Å². The summed E-state index contributed by atoms with van der Waals surface area (Å²) in [6, 6.07) is 3.41. The van der Waals surface area contributed by atoms with Crippen molar-refractivity contribution in [1.82, 2.24) is 24.7 Å². The van der Waals surface area contributed by atoms with E-state index < -0.39 is 5.91 Å². The van der Waals surface area contributed by atoms with Crippen LogP contribution in [0.1, 0.15) is 28.8 Å². The highest BCUT2D eigenvalue weighted by molar-refractivity contribution is 6.13. The maximum Gasteiger partial charge on any atom is 0.254 e. The molecule has 3 aromatic heterocycles. The summed E-state index contributed by atoms with van der Waals surface area (Å²) in [7, 11) is 1.65. The third kappa shape index (κ3) is 2.78. The van der Waals surface area contributed by atoms with E-state index >= 15 is 0 Å². The zero-order chi connectivity index (χ0) is 21.9. The molecular formula is C21H23N7O3. The first-order valence-corrected chi connectivity index (χ1v) is 10.2. The molecule has 0 radical (unpaired) electrons. The summed E-state index contributed by atoms with van der Waals surface area (Å²) in [6.07, 6.45) is 3.13. The lowest BCUT2D eigenvalue weighted by Gasteiger charge is -2.31. The number of nitrogens with two attached hydrogens (primary N) is 1. The van der Waals surface area contributed by atoms with Crippen molar-refractivity contribution in [2.24, 2.45) is 11.7 Å². The van der Waals surface area contributed by atoms with Crippen molar-refractivity contribution in [3.63, 3.8) is 0 Å². The molecular weight excluding hydrogens is 398 g/mol. The number of aromatic hydroxyl groups is 1. The Hall–Kier alpha value is -3.82. The van der Waals surface area contributed by atoms with Gasteiger partial charge in [0.05, 0.1) is 11.7 Å². The highest BCUT2D eigenvalue weighted by Crippen LogP contribution is 2.34. The number of anilines is 1. The topological polar surface area (TPSA) is 142 Å². The number of carbonyl (C=O) groups excluding carboxylic acids is 2. The van der Waals surface area contributed by atoms with Crippen LogP contribution in [0.4, 0.5) is 5.82 Å². The number of nitrogens with zero attached hydrogens (tertiary/aromatic N) is 4. The molecule has 31 heavy (non-hydrogen) atoms. The molecule has 1 fully saturated rings.